The number of ketones is 1. The molecule has 0 amide bonds. The highest BCUT2D eigenvalue weighted by atomic mass is 16.5. The van der Waals surface area contributed by atoms with Crippen molar-refractivity contribution in [1.82, 2.24) is 4.98 Å². The zero-order valence-electron chi connectivity index (χ0n) is 8.67. The summed E-state index contributed by atoms with van der Waals surface area (Å²) < 4.78 is 4.46. The number of rotatable bonds is 4. The maximum atomic E-state index is 11.5. The summed E-state index contributed by atoms with van der Waals surface area (Å²) in [7, 11) is 0. The van der Waals surface area contributed by atoms with Crippen LogP contribution >= 0.6 is 0 Å². The molecule has 0 radical (unpaired) electrons. The third-order valence-electron chi connectivity index (χ3n) is 1.70. The Kier molecular flexibility index (Phi) is 4.20. The summed E-state index contributed by atoms with van der Waals surface area (Å²) in [4.78, 5) is 25.8. The Balaban J connectivity index is 2.78. The smallest absolute Gasteiger partial charge is 0.378 e. The van der Waals surface area contributed by atoms with E-state index in [0.717, 1.165) is 0 Å². The quantitative estimate of drug-likeness (QED) is 0.307. The van der Waals surface area contributed by atoms with Crippen LogP contribution in [-0.4, -0.2) is 23.3 Å². The molecular weight excluding hydrogens is 210 g/mol. The van der Waals surface area contributed by atoms with E-state index in [4.69, 9.17) is 0 Å². The Bertz CT molecular complexity index is 411. The lowest BCUT2D eigenvalue weighted by atomic mass is 10.2. The van der Waals surface area contributed by atoms with E-state index in [1.54, 1.807) is 6.92 Å². The van der Waals surface area contributed by atoms with Gasteiger partial charge in [0.05, 0.1) is 6.61 Å². The first-order valence-corrected chi connectivity index (χ1v) is 4.65. The van der Waals surface area contributed by atoms with Crippen molar-refractivity contribution in [2.75, 3.05) is 6.61 Å². The molecule has 0 aliphatic heterocycles. The van der Waals surface area contributed by atoms with E-state index in [2.05, 4.69) is 9.72 Å². The lowest BCUT2D eigenvalue weighted by molar-refractivity contribution is -0.243. The highest BCUT2D eigenvalue weighted by Crippen LogP contribution is 2.06. The highest BCUT2D eigenvalue weighted by molar-refractivity contribution is 6.39. The maximum absolute atomic E-state index is 11.5. The van der Waals surface area contributed by atoms with Crippen LogP contribution in [0.1, 0.15) is 12.5 Å². The van der Waals surface area contributed by atoms with Crippen molar-refractivity contribution >= 4 is 17.5 Å². The standard InChI is InChI=1S/C11H11NO4/c1-2-16-11(15)10(14)7-9(13)8-3-5-12-6-4-8/h3-7,13H,2H2,1H3/p-1/b9-7-. The molecule has 16 heavy (non-hydrogen) atoms. The van der Waals surface area contributed by atoms with E-state index < -0.39 is 17.5 Å². The van der Waals surface area contributed by atoms with Crippen molar-refractivity contribution in [3.05, 3.63) is 36.2 Å². The van der Waals surface area contributed by atoms with Gasteiger partial charge in [0.25, 0.3) is 5.78 Å². The van der Waals surface area contributed by atoms with Gasteiger partial charge in [-0.25, -0.2) is 4.79 Å². The summed E-state index contributed by atoms with van der Waals surface area (Å²) in [5.74, 6) is -2.52. The van der Waals surface area contributed by atoms with Gasteiger partial charge in [-0.15, -0.1) is 0 Å². The molecule has 0 spiro atoms. The molecule has 0 aromatic carbocycles. The van der Waals surface area contributed by atoms with Gasteiger partial charge in [0.1, 0.15) is 0 Å². The van der Waals surface area contributed by atoms with E-state index in [1.165, 1.54) is 24.5 Å². The van der Waals surface area contributed by atoms with E-state index in [-0.39, 0.29) is 6.61 Å². The number of hydrogen-bond acceptors (Lipinski definition) is 5. The number of ether oxygens (including phenoxy) is 1. The Morgan fingerprint density at radius 3 is 2.62 bits per heavy atom. The van der Waals surface area contributed by atoms with Crippen LogP contribution < -0.4 is 5.11 Å². The number of pyridine rings is 1. The van der Waals surface area contributed by atoms with Crippen molar-refractivity contribution in [1.29, 1.82) is 0 Å². The second-order valence-electron chi connectivity index (χ2n) is 2.83. The van der Waals surface area contributed by atoms with Gasteiger partial charge in [0, 0.05) is 12.4 Å². The van der Waals surface area contributed by atoms with Crippen LogP contribution in [-0.2, 0) is 14.3 Å². The molecule has 0 aliphatic rings. The van der Waals surface area contributed by atoms with E-state index in [1.807, 2.05) is 0 Å². The Labute approximate surface area is 92.4 Å². The van der Waals surface area contributed by atoms with Crippen LogP contribution in [0.25, 0.3) is 5.76 Å². The molecule has 0 unspecified atom stereocenters. The molecule has 1 heterocycles. The molecule has 0 atom stereocenters. The first kappa shape index (κ1) is 11.9. The number of carbonyl (C=O) groups excluding carboxylic acids is 2. The summed E-state index contributed by atoms with van der Waals surface area (Å²) >= 11 is 0. The molecule has 1 rings (SSSR count). The number of esters is 1. The van der Waals surface area contributed by atoms with Crippen LogP contribution in [0.15, 0.2) is 30.6 Å². The molecule has 0 saturated carbocycles. The van der Waals surface area contributed by atoms with Gasteiger partial charge in [-0.05, 0) is 30.7 Å². The largest absolute Gasteiger partial charge is 0.872 e. The average molecular weight is 220 g/mol. The van der Waals surface area contributed by atoms with Gasteiger partial charge >= 0.3 is 5.97 Å². The molecule has 0 aliphatic carbocycles. The molecule has 0 saturated heterocycles. The molecule has 84 valence electrons. The van der Waals surface area contributed by atoms with Crippen molar-refractivity contribution in [3.63, 3.8) is 0 Å². The van der Waals surface area contributed by atoms with Gasteiger partial charge < -0.3 is 9.84 Å². The molecule has 1 aromatic rings. The van der Waals surface area contributed by atoms with Crippen LogP contribution in [0.4, 0.5) is 0 Å². The molecule has 0 bridgehead atoms. The molecule has 1 aromatic heterocycles. The van der Waals surface area contributed by atoms with Crippen molar-refractivity contribution < 1.29 is 19.4 Å². The summed E-state index contributed by atoms with van der Waals surface area (Å²) in [5, 5.41) is 11.5. The number of carbonyl (C=O) groups is 2. The predicted octanol–water partition coefficient (Wildman–Crippen LogP) is -0.0850. The van der Waals surface area contributed by atoms with Crippen LogP contribution in [0, 0.1) is 0 Å². The monoisotopic (exact) mass is 220 g/mol. The molecular formula is C11H10NO4-. The normalized spacial score (nSPS) is 10.9. The minimum absolute atomic E-state index is 0.0991. The van der Waals surface area contributed by atoms with Crippen LogP contribution in [0.5, 0.6) is 0 Å². The van der Waals surface area contributed by atoms with Gasteiger partial charge in [-0.1, -0.05) is 5.76 Å². The lowest BCUT2D eigenvalue weighted by Gasteiger charge is -2.10. The predicted molar refractivity (Wildman–Crippen MR) is 53.9 cm³/mol. The van der Waals surface area contributed by atoms with Crippen molar-refractivity contribution in [2.24, 2.45) is 0 Å². The van der Waals surface area contributed by atoms with Gasteiger partial charge in [0.15, 0.2) is 0 Å². The average Bonchev–Trinajstić information content (AvgIpc) is 2.30. The molecule has 0 N–H and O–H groups in total. The fourth-order valence-electron chi connectivity index (χ4n) is 0.980. The summed E-state index contributed by atoms with van der Waals surface area (Å²) in [6.07, 6.45) is 3.57. The summed E-state index contributed by atoms with van der Waals surface area (Å²) in [6.45, 7) is 1.68. The van der Waals surface area contributed by atoms with E-state index in [9.17, 15) is 14.7 Å². The number of hydrogen-bond donors (Lipinski definition) is 0. The van der Waals surface area contributed by atoms with Gasteiger partial charge in [0.2, 0.25) is 0 Å². The first-order chi connectivity index (χ1) is 7.65. The fourth-order valence-corrected chi connectivity index (χ4v) is 0.980. The SMILES string of the molecule is CCOC(=O)C(=O)/C=C(\[O-])c1ccncc1. The van der Waals surface area contributed by atoms with Crippen molar-refractivity contribution in [3.8, 4) is 0 Å². The zero-order valence-corrected chi connectivity index (χ0v) is 8.67. The minimum Gasteiger partial charge on any atom is -0.872 e. The van der Waals surface area contributed by atoms with Crippen molar-refractivity contribution in [2.45, 2.75) is 6.92 Å². The Hall–Kier alpha value is -2.17. The summed E-state index contributed by atoms with van der Waals surface area (Å²) in [5.41, 5.74) is 0.299. The second kappa shape index (κ2) is 5.65. The minimum atomic E-state index is -1.02. The molecule has 5 heteroatoms. The summed E-state index contributed by atoms with van der Waals surface area (Å²) in [6, 6.07) is 2.91. The highest BCUT2D eigenvalue weighted by Gasteiger charge is 2.10. The molecule has 5 nitrogen and oxygen atoms in total. The third-order valence-corrected chi connectivity index (χ3v) is 1.70. The van der Waals surface area contributed by atoms with Gasteiger partial charge in [-0.2, -0.15) is 0 Å². The molecule has 0 fully saturated rings. The lowest BCUT2D eigenvalue weighted by Crippen LogP contribution is -2.17. The topological polar surface area (TPSA) is 79.3 Å². The fraction of sp³-hybridized carbons (Fsp3) is 0.182. The Morgan fingerprint density at radius 2 is 2.06 bits per heavy atom. The van der Waals surface area contributed by atoms with E-state index >= 15 is 0 Å². The third kappa shape index (κ3) is 3.20. The zero-order chi connectivity index (χ0) is 12.0. The van der Waals surface area contributed by atoms with Crippen LogP contribution in [0.2, 0.25) is 0 Å². The van der Waals surface area contributed by atoms with Crippen LogP contribution in [0.3, 0.4) is 0 Å². The van der Waals surface area contributed by atoms with E-state index in [0.29, 0.717) is 11.6 Å². The number of aromatic nitrogens is 1. The first-order valence-electron chi connectivity index (χ1n) is 4.65. The second-order valence-corrected chi connectivity index (χ2v) is 2.83. The number of nitrogens with zero attached hydrogens (tertiary/aromatic N) is 1. The Morgan fingerprint density at radius 1 is 1.44 bits per heavy atom. The maximum Gasteiger partial charge on any atom is 0.378 e. The van der Waals surface area contributed by atoms with Gasteiger partial charge in [-0.3, -0.25) is 9.78 Å².